The summed E-state index contributed by atoms with van der Waals surface area (Å²) in [7, 11) is 0. The third-order valence-corrected chi connectivity index (χ3v) is 3.13. The molecule has 0 heterocycles. The van der Waals surface area contributed by atoms with Crippen LogP contribution in [0, 0.1) is 6.92 Å². The Hall–Kier alpha value is -0.000000000000000111. The van der Waals surface area contributed by atoms with Gasteiger partial charge in [-0.05, 0) is 56.5 Å². The van der Waals surface area contributed by atoms with Crippen molar-refractivity contribution in [2.24, 2.45) is 0 Å². The molecule has 14 heavy (non-hydrogen) atoms. The minimum absolute atomic E-state index is 0.126. The molecular formula is C9H9Br2NOS. The van der Waals surface area contributed by atoms with Crippen molar-refractivity contribution in [3.8, 4) is 0 Å². The first-order chi connectivity index (χ1) is 6.54. The molecule has 0 bridgehead atoms. The molecule has 0 aliphatic heterocycles. The molecule has 76 valence electrons. The first-order valence-electron chi connectivity index (χ1n) is 3.91. The molecule has 1 N–H and O–H groups in total. The topological polar surface area (TPSA) is 29.1 Å². The number of nitrogens with one attached hydrogen (secondary N) is 1. The number of rotatable bonds is 2. The second-order valence-electron chi connectivity index (χ2n) is 2.81. The number of aryl methyl sites for hydroxylation is 1. The van der Waals surface area contributed by atoms with Crippen LogP contribution >= 0.6 is 44.5 Å². The van der Waals surface area contributed by atoms with Crippen LogP contribution in [0.2, 0.25) is 0 Å². The Morgan fingerprint density at radius 3 is 2.36 bits per heavy atom. The number of halogens is 2. The van der Waals surface area contributed by atoms with E-state index in [0.29, 0.717) is 0 Å². The van der Waals surface area contributed by atoms with Gasteiger partial charge < -0.3 is 5.32 Å². The SMILES string of the molecule is Cc1cc(Br)c(NC(=O)CS)c(Br)c1. The number of carbonyl (C=O) groups excluding carboxylic acids is 1. The summed E-state index contributed by atoms with van der Waals surface area (Å²) in [6.45, 7) is 1.99. The summed E-state index contributed by atoms with van der Waals surface area (Å²) in [5, 5.41) is 2.75. The Morgan fingerprint density at radius 1 is 1.43 bits per heavy atom. The van der Waals surface area contributed by atoms with Gasteiger partial charge in [0.2, 0.25) is 5.91 Å². The molecule has 0 saturated heterocycles. The highest BCUT2D eigenvalue weighted by atomic mass is 79.9. The van der Waals surface area contributed by atoms with Crippen LogP contribution in [-0.2, 0) is 4.79 Å². The van der Waals surface area contributed by atoms with Crippen LogP contribution in [0.1, 0.15) is 5.56 Å². The summed E-state index contributed by atoms with van der Waals surface area (Å²) in [4.78, 5) is 11.1. The van der Waals surface area contributed by atoms with Crippen molar-refractivity contribution >= 4 is 56.1 Å². The van der Waals surface area contributed by atoms with Gasteiger partial charge in [-0.1, -0.05) is 0 Å². The number of carbonyl (C=O) groups is 1. The second kappa shape index (κ2) is 5.19. The van der Waals surface area contributed by atoms with E-state index >= 15 is 0 Å². The molecule has 0 radical (unpaired) electrons. The van der Waals surface area contributed by atoms with Crippen molar-refractivity contribution in [1.29, 1.82) is 0 Å². The van der Waals surface area contributed by atoms with Crippen molar-refractivity contribution in [1.82, 2.24) is 0 Å². The fraction of sp³-hybridized carbons (Fsp3) is 0.222. The molecule has 0 aromatic heterocycles. The molecule has 0 fully saturated rings. The van der Waals surface area contributed by atoms with Gasteiger partial charge in [0.1, 0.15) is 0 Å². The van der Waals surface area contributed by atoms with Gasteiger partial charge in [0, 0.05) is 8.95 Å². The fourth-order valence-corrected chi connectivity index (χ4v) is 2.69. The zero-order valence-electron chi connectivity index (χ0n) is 7.47. The van der Waals surface area contributed by atoms with Crippen molar-refractivity contribution in [2.75, 3.05) is 11.1 Å². The van der Waals surface area contributed by atoms with Crippen LogP contribution in [0.15, 0.2) is 21.1 Å². The number of anilines is 1. The van der Waals surface area contributed by atoms with Crippen molar-refractivity contribution < 1.29 is 4.79 Å². The van der Waals surface area contributed by atoms with E-state index in [1.54, 1.807) is 0 Å². The van der Waals surface area contributed by atoms with Gasteiger partial charge >= 0.3 is 0 Å². The summed E-state index contributed by atoms with van der Waals surface area (Å²) in [6, 6.07) is 3.89. The molecule has 0 unspecified atom stereocenters. The Kier molecular flexibility index (Phi) is 4.47. The largest absolute Gasteiger partial charge is 0.323 e. The van der Waals surface area contributed by atoms with Crippen LogP contribution in [0.25, 0.3) is 0 Å². The predicted octanol–water partition coefficient (Wildman–Crippen LogP) is 3.39. The van der Waals surface area contributed by atoms with E-state index in [4.69, 9.17) is 0 Å². The minimum Gasteiger partial charge on any atom is -0.323 e. The van der Waals surface area contributed by atoms with E-state index in [2.05, 4.69) is 49.8 Å². The van der Waals surface area contributed by atoms with Gasteiger partial charge in [0.15, 0.2) is 0 Å². The Bertz CT molecular complexity index is 345. The highest BCUT2D eigenvalue weighted by molar-refractivity contribution is 9.11. The lowest BCUT2D eigenvalue weighted by molar-refractivity contribution is -0.113. The van der Waals surface area contributed by atoms with E-state index < -0.39 is 0 Å². The lowest BCUT2D eigenvalue weighted by Crippen LogP contribution is -2.13. The molecule has 5 heteroatoms. The van der Waals surface area contributed by atoms with E-state index in [1.807, 2.05) is 19.1 Å². The summed E-state index contributed by atoms with van der Waals surface area (Å²) in [5.41, 5.74) is 1.86. The van der Waals surface area contributed by atoms with Crippen LogP contribution < -0.4 is 5.32 Å². The van der Waals surface area contributed by atoms with E-state index in [0.717, 1.165) is 20.2 Å². The Labute approximate surface area is 105 Å². The molecule has 1 rings (SSSR count). The molecule has 1 aromatic carbocycles. The zero-order valence-corrected chi connectivity index (χ0v) is 11.5. The second-order valence-corrected chi connectivity index (χ2v) is 4.83. The van der Waals surface area contributed by atoms with Gasteiger partial charge in [-0.25, -0.2) is 0 Å². The highest BCUT2D eigenvalue weighted by Crippen LogP contribution is 2.32. The first-order valence-corrected chi connectivity index (χ1v) is 6.13. The lowest BCUT2D eigenvalue weighted by atomic mass is 10.2. The maximum atomic E-state index is 11.1. The van der Waals surface area contributed by atoms with Crippen molar-refractivity contribution in [2.45, 2.75) is 6.92 Å². The summed E-state index contributed by atoms with van der Waals surface area (Å²) < 4.78 is 1.72. The average molecular weight is 339 g/mol. The third kappa shape index (κ3) is 3.00. The summed E-state index contributed by atoms with van der Waals surface area (Å²) >= 11 is 10.7. The maximum Gasteiger partial charge on any atom is 0.234 e. The number of hydrogen-bond acceptors (Lipinski definition) is 2. The van der Waals surface area contributed by atoms with Gasteiger partial charge in [-0.3, -0.25) is 4.79 Å². The van der Waals surface area contributed by atoms with E-state index in [1.165, 1.54) is 0 Å². The standard InChI is InChI=1S/C9H9Br2NOS/c1-5-2-6(10)9(7(11)3-5)12-8(13)4-14/h2-3,14H,4H2,1H3,(H,12,13). The van der Waals surface area contributed by atoms with Crippen LogP contribution in [-0.4, -0.2) is 11.7 Å². The lowest BCUT2D eigenvalue weighted by Gasteiger charge is -2.09. The molecule has 0 saturated carbocycles. The van der Waals surface area contributed by atoms with Gasteiger partial charge in [-0.2, -0.15) is 12.6 Å². The number of thiol groups is 1. The first kappa shape index (κ1) is 12.1. The summed E-state index contributed by atoms with van der Waals surface area (Å²) in [6.07, 6.45) is 0. The third-order valence-electron chi connectivity index (χ3n) is 1.59. The number of benzene rings is 1. The quantitative estimate of drug-likeness (QED) is 0.795. The van der Waals surface area contributed by atoms with Crippen molar-refractivity contribution in [3.05, 3.63) is 26.6 Å². The molecule has 0 spiro atoms. The van der Waals surface area contributed by atoms with Crippen LogP contribution in [0.5, 0.6) is 0 Å². The smallest absolute Gasteiger partial charge is 0.234 e. The Balaban J connectivity index is 3.02. The van der Waals surface area contributed by atoms with Crippen LogP contribution in [0.3, 0.4) is 0 Å². The highest BCUT2D eigenvalue weighted by Gasteiger charge is 2.08. The summed E-state index contributed by atoms with van der Waals surface area (Å²) in [5.74, 6) is 0.0471. The monoisotopic (exact) mass is 337 g/mol. The predicted molar refractivity (Wildman–Crippen MR) is 69.1 cm³/mol. The fourth-order valence-electron chi connectivity index (χ4n) is 0.998. The molecule has 0 aliphatic rings. The normalized spacial score (nSPS) is 10.0. The zero-order chi connectivity index (χ0) is 10.7. The van der Waals surface area contributed by atoms with Crippen LogP contribution in [0.4, 0.5) is 5.69 Å². The number of hydrogen-bond donors (Lipinski definition) is 2. The van der Waals surface area contributed by atoms with E-state index in [9.17, 15) is 4.79 Å². The van der Waals surface area contributed by atoms with E-state index in [-0.39, 0.29) is 11.7 Å². The molecule has 1 aromatic rings. The van der Waals surface area contributed by atoms with Gasteiger partial charge in [-0.15, -0.1) is 0 Å². The minimum atomic E-state index is -0.126. The molecule has 0 atom stereocenters. The average Bonchev–Trinajstić information content (AvgIpc) is 2.10. The van der Waals surface area contributed by atoms with Gasteiger partial charge in [0.25, 0.3) is 0 Å². The molecular weight excluding hydrogens is 330 g/mol. The number of amides is 1. The van der Waals surface area contributed by atoms with Gasteiger partial charge in [0.05, 0.1) is 11.4 Å². The molecule has 0 aliphatic carbocycles. The van der Waals surface area contributed by atoms with Crippen molar-refractivity contribution in [3.63, 3.8) is 0 Å². The Morgan fingerprint density at radius 2 is 1.93 bits per heavy atom. The molecule has 2 nitrogen and oxygen atoms in total. The maximum absolute atomic E-state index is 11.1. The molecule has 1 amide bonds.